The molecule has 0 aliphatic carbocycles. The molecule has 0 aromatic carbocycles. The number of carbonyl (C=O) groups is 1. The highest BCUT2D eigenvalue weighted by molar-refractivity contribution is 6.31. The third-order valence-corrected chi connectivity index (χ3v) is 2.44. The summed E-state index contributed by atoms with van der Waals surface area (Å²) in [5, 5.41) is 8.51. The fourth-order valence-electron chi connectivity index (χ4n) is 1.19. The Kier molecular flexibility index (Phi) is 4.44. The van der Waals surface area contributed by atoms with E-state index < -0.39 is 24.5 Å². The van der Waals surface area contributed by atoms with Gasteiger partial charge < -0.3 is 5.11 Å². The molecule has 0 bridgehead atoms. The molecule has 0 aliphatic rings. The number of alkyl halides is 3. The molecule has 1 N–H and O–H groups in total. The van der Waals surface area contributed by atoms with E-state index in [2.05, 4.69) is 4.98 Å². The molecule has 7 heteroatoms. The first kappa shape index (κ1) is 13.1. The van der Waals surface area contributed by atoms with Gasteiger partial charge in [-0.15, -0.1) is 11.6 Å². The average Bonchev–Trinajstić information content (AvgIpc) is 2.19. The lowest BCUT2D eigenvalue weighted by Crippen LogP contribution is -2.08. The number of carboxylic acids is 1. The van der Waals surface area contributed by atoms with Crippen LogP contribution in [0.4, 0.5) is 8.78 Å². The van der Waals surface area contributed by atoms with Crippen LogP contribution in [-0.2, 0) is 17.1 Å². The van der Waals surface area contributed by atoms with Crippen molar-refractivity contribution < 1.29 is 18.7 Å². The smallest absolute Gasteiger partial charge is 0.307 e. The molecule has 1 aromatic rings. The molecule has 1 aromatic heterocycles. The van der Waals surface area contributed by atoms with Crippen molar-refractivity contribution in [2.45, 2.75) is 18.7 Å². The summed E-state index contributed by atoms with van der Waals surface area (Å²) in [6.45, 7) is 0. The molecular formula is C9H7Cl2F2NO2. The van der Waals surface area contributed by atoms with Gasteiger partial charge in [0.1, 0.15) is 5.69 Å². The SMILES string of the molecule is O=C(O)Cc1c(Cl)cc(CCl)nc1C(F)F. The molecule has 1 heterocycles. The van der Waals surface area contributed by atoms with Gasteiger partial charge in [0.15, 0.2) is 0 Å². The van der Waals surface area contributed by atoms with Crippen LogP contribution in [0, 0.1) is 0 Å². The van der Waals surface area contributed by atoms with Gasteiger partial charge in [0.05, 0.1) is 18.0 Å². The van der Waals surface area contributed by atoms with Crippen molar-refractivity contribution in [1.82, 2.24) is 4.98 Å². The Bertz CT molecular complexity index is 413. The monoisotopic (exact) mass is 269 g/mol. The van der Waals surface area contributed by atoms with Crippen LogP contribution >= 0.6 is 23.2 Å². The summed E-state index contributed by atoms with van der Waals surface area (Å²) in [6.07, 6.45) is -3.47. The van der Waals surface area contributed by atoms with Crippen molar-refractivity contribution in [2.24, 2.45) is 0 Å². The zero-order valence-corrected chi connectivity index (χ0v) is 9.40. The van der Waals surface area contributed by atoms with Crippen LogP contribution < -0.4 is 0 Å². The van der Waals surface area contributed by atoms with Crippen molar-refractivity contribution >= 4 is 29.2 Å². The van der Waals surface area contributed by atoms with E-state index in [1.165, 1.54) is 6.07 Å². The molecule has 0 radical (unpaired) electrons. The summed E-state index contributed by atoms with van der Waals surface area (Å²) in [6, 6.07) is 1.29. The molecule has 0 fully saturated rings. The quantitative estimate of drug-likeness (QED) is 0.855. The first-order valence-electron chi connectivity index (χ1n) is 4.19. The van der Waals surface area contributed by atoms with Gasteiger partial charge in [0.25, 0.3) is 6.43 Å². The number of hydrogen-bond donors (Lipinski definition) is 1. The molecule has 0 spiro atoms. The molecule has 1 rings (SSSR count). The molecule has 0 amide bonds. The first-order chi connectivity index (χ1) is 7.45. The Balaban J connectivity index is 3.27. The molecule has 88 valence electrons. The molecule has 0 unspecified atom stereocenters. The summed E-state index contributed by atoms with van der Waals surface area (Å²) in [7, 11) is 0. The Morgan fingerprint density at radius 2 is 2.19 bits per heavy atom. The lowest BCUT2D eigenvalue weighted by Gasteiger charge is -2.09. The van der Waals surface area contributed by atoms with Crippen LogP contribution in [0.25, 0.3) is 0 Å². The van der Waals surface area contributed by atoms with Gasteiger partial charge in [-0.3, -0.25) is 9.78 Å². The number of nitrogens with zero attached hydrogens (tertiary/aromatic N) is 1. The third kappa shape index (κ3) is 3.02. The summed E-state index contributed by atoms with van der Waals surface area (Å²) < 4.78 is 25.2. The summed E-state index contributed by atoms with van der Waals surface area (Å²) in [5.74, 6) is -1.31. The minimum Gasteiger partial charge on any atom is -0.481 e. The number of aliphatic carboxylic acids is 1. The van der Waals surface area contributed by atoms with E-state index in [1.54, 1.807) is 0 Å². The van der Waals surface area contributed by atoms with Crippen LogP contribution in [0.3, 0.4) is 0 Å². The highest BCUT2D eigenvalue weighted by Gasteiger charge is 2.20. The van der Waals surface area contributed by atoms with E-state index in [0.717, 1.165) is 0 Å². The standard InChI is InChI=1S/C9H7Cl2F2NO2/c10-3-4-1-6(11)5(2-7(15)16)8(14-4)9(12)13/h1,9H,2-3H2,(H,15,16). The number of hydrogen-bond acceptors (Lipinski definition) is 2. The number of pyridine rings is 1. The average molecular weight is 270 g/mol. The van der Waals surface area contributed by atoms with E-state index in [0.29, 0.717) is 0 Å². The van der Waals surface area contributed by atoms with Crippen LogP contribution in [-0.4, -0.2) is 16.1 Å². The number of aromatic nitrogens is 1. The second kappa shape index (κ2) is 5.41. The fraction of sp³-hybridized carbons (Fsp3) is 0.333. The fourth-order valence-corrected chi connectivity index (χ4v) is 1.61. The molecule has 0 aliphatic heterocycles. The first-order valence-corrected chi connectivity index (χ1v) is 5.11. The molecule has 0 saturated carbocycles. The van der Waals surface area contributed by atoms with Crippen molar-refractivity contribution in [3.05, 3.63) is 28.0 Å². The predicted octanol–water partition coefficient (Wildman–Crippen LogP) is 3.04. The van der Waals surface area contributed by atoms with Gasteiger partial charge in [-0.1, -0.05) is 11.6 Å². The van der Waals surface area contributed by atoms with E-state index in [4.69, 9.17) is 28.3 Å². The lowest BCUT2D eigenvalue weighted by molar-refractivity contribution is -0.136. The van der Waals surface area contributed by atoms with Crippen molar-refractivity contribution in [2.75, 3.05) is 0 Å². The van der Waals surface area contributed by atoms with E-state index in [-0.39, 0.29) is 22.2 Å². The predicted molar refractivity (Wildman–Crippen MR) is 55.1 cm³/mol. The van der Waals surface area contributed by atoms with E-state index >= 15 is 0 Å². The zero-order chi connectivity index (χ0) is 12.3. The summed E-state index contributed by atoms with van der Waals surface area (Å²) >= 11 is 11.2. The third-order valence-electron chi connectivity index (χ3n) is 1.83. The highest BCUT2D eigenvalue weighted by Crippen LogP contribution is 2.28. The van der Waals surface area contributed by atoms with Gasteiger partial charge in [-0.2, -0.15) is 0 Å². The Morgan fingerprint density at radius 1 is 1.56 bits per heavy atom. The number of rotatable bonds is 4. The number of halogens is 4. The molecular weight excluding hydrogens is 263 g/mol. The Morgan fingerprint density at radius 3 is 2.62 bits per heavy atom. The zero-order valence-electron chi connectivity index (χ0n) is 7.88. The van der Waals surface area contributed by atoms with E-state index in [9.17, 15) is 13.6 Å². The van der Waals surface area contributed by atoms with E-state index in [1.807, 2.05) is 0 Å². The lowest BCUT2D eigenvalue weighted by atomic mass is 10.1. The van der Waals surface area contributed by atoms with Crippen LogP contribution in [0.5, 0.6) is 0 Å². The van der Waals surface area contributed by atoms with Crippen molar-refractivity contribution in [3.63, 3.8) is 0 Å². The van der Waals surface area contributed by atoms with Crippen molar-refractivity contribution in [1.29, 1.82) is 0 Å². The van der Waals surface area contributed by atoms with Gasteiger partial charge in [-0.05, 0) is 6.07 Å². The maximum absolute atomic E-state index is 12.6. The molecule has 3 nitrogen and oxygen atoms in total. The van der Waals surface area contributed by atoms with Crippen LogP contribution in [0.15, 0.2) is 6.07 Å². The Labute approximate surface area is 100 Å². The number of carboxylic acid groups (broad SMARTS) is 1. The second-order valence-corrected chi connectivity index (χ2v) is 3.64. The maximum Gasteiger partial charge on any atom is 0.307 e. The molecule has 16 heavy (non-hydrogen) atoms. The van der Waals surface area contributed by atoms with Crippen LogP contribution in [0.2, 0.25) is 5.02 Å². The van der Waals surface area contributed by atoms with Gasteiger partial charge in [0, 0.05) is 10.6 Å². The molecule has 0 atom stereocenters. The molecule has 0 saturated heterocycles. The topological polar surface area (TPSA) is 50.2 Å². The largest absolute Gasteiger partial charge is 0.481 e. The Hall–Kier alpha value is -0.940. The normalized spacial score (nSPS) is 10.8. The maximum atomic E-state index is 12.6. The summed E-state index contributed by atoms with van der Waals surface area (Å²) in [4.78, 5) is 14.1. The van der Waals surface area contributed by atoms with Gasteiger partial charge in [-0.25, -0.2) is 8.78 Å². The van der Waals surface area contributed by atoms with Crippen LogP contribution in [0.1, 0.15) is 23.4 Å². The van der Waals surface area contributed by atoms with Gasteiger partial charge >= 0.3 is 5.97 Å². The van der Waals surface area contributed by atoms with Gasteiger partial charge in [0.2, 0.25) is 0 Å². The minimum atomic E-state index is -2.88. The minimum absolute atomic E-state index is 0.0525. The van der Waals surface area contributed by atoms with Crippen molar-refractivity contribution in [3.8, 4) is 0 Å². The highest BCUT2D eigenvalue weighted by atomic mass is 35.5. The second-order valence-electron chi connectivity index (χ2n) is 2.96. The summed E-state index contributed by atoms with van der Waals surface area (Å²) in [5.41, 5.74) is -0.598.